The summed E-state index contributed by atoms with van der Waals surface area (Å²) in [6, 6.07) is 0.793. The number of hydrogen-bond donors (Lipinski definition) is 1. The molecule has 1 heterocycles. The van der Waals surface area contributed by atoms with Gasteiger partial charge < -0.3 is 5.73 Å². The number of nitrogens with zero attached hydrogens (tertiary/aromatic N) is 1. The highest BCUT2D eigenvalue weighted by molar-refractivity contribution is 4.99. The van der Waals surface area contributed by atoms with Gasteiger partial charge in [0.2, 0.25) is 0 Å². The first kappa shape index (κ1) is 15.3. The highest BCUT2D eigenvalue weighted by atomic mass is 15.2. The van der Waals surface area contributed by atoms with Crippen molar-refractivity contribution in [3.8, 4) is 0 Å². The molecule has 0 aromatic carbocycles. The van der Waals surface area contributed by atoms with Crippen LogP contribution in [-0.4, -0.2) is 29.6 Å². The molecule has 1 saturated heterocycles. The van der Waals surface area contributed by atoms with E-state index in [2.05, 4.69) is 18.7 Å². The average molecular weight is 266 g/mol. The third-order valence-electron chi connectivity index (χ3n) is 5.84. The van der Waals surface area contributed by atoms with Gasteiger partial charge in [0, 0.05) is 18.1 Å². The molecule has 1 aliphatic carbocycles. The second-order valence-electron chi connectivity index (χ2n) is 6.90. The molecule has 2 N–H and O–H groups in total. The second-order valence-corrected chi connectivity index (χ2v) is 6.90. The topological polar surface area (TPSA) is 29.3 Å². The smallest absolute Gasteiger partial charge is 0.0337 e. The van der Waals surface area contributed by atoms with Crippen LogP contribution in [0.5, 0.6) is 0 Å². The van der Waals surface area contributed by atoms with Gasteiger partial charge in [0.1, 0.15) is 0 Å². The molecule has 2 heteroatoms. The second kappa shape index (κ2) is 7.08. The van der Waals surface area contributed by atoms with Gasteiger partial charge in [-0.05, 0) is 44.6 Å². The minimum atomic E-state index is 0.337. The van der Waals surface area contributed by atoms with Crippen molar-refractivity contribution in [1.82, 2.24) is 4.90 Å². The zero-order valence-electron chi connectivity index (χ0n) is 13.2. The lowest BCUT2D eigenvalue weighted by Crippen LogP contribution is -2.59. The standard InChI is InChI=1S/C17H34N2/c1-3-15-9-8-11-17(13-15,14-18)19-12-7-5-6-10-16(19)4-2/h15-16H,3-14,18H2,1-2H3. The Labute approximate surface area is 120 Å². The zero-order chi connectivity index (χ0) is 13.7. The molecule has 112 valence electrons. The van der Waals surface area contributed by atoms with Crippen LogP contribution >= 0.6 is 0 Å². The van der Waals surface area contributed by atoms with E-state index < -0.39 is 0 Å². The summed E-state index contributed by atoms with van der Waals surface area (Å²) in [6.45, 7) is 6.90. The molecule has 0 bridgehead atoms. The largest absolute Gasteiger partial charge is 0.329 e. The lowest BCUT2D eigenvalue weighted by Gasteiger charge is -2.51. The summed E-state index contributed by atoms with van der Waals surface area (Å²) in [4.78, 5) is 2.86. The van der Waals surface area contributed by atoms with Crippen LogP contribution in [0.1, 0.15) is 78.1 Å². The summed E-state index contributed by atoms with van der Waals surface area (Å²) in [7, 11) is 0. The van der Waals surface area contributed by atoms with E-state index in [1.165, 1.54) is 70.8 Å². The van der Waals surface area contributed by atoms with Gasteiger partial charge in [-0.15, -0.1) is 0 Å². The van der Waals surface area contributed by atoms with Crippen LogP contribution in [0.15, 0.2) is 0 Å². The van der Waals surface area contributed by atoms with Crippen LogP contribution in [0.25, 0.3) is 0 Å². The van der Waals surface area contributed by atoms with Gasteiger partial charge in [-0.1, -0.05) is 46.0 Å². The molecule has 3 unspecified atom stereocenters. The quantitative estimate of drug-likeness (QED) is 0.835. The number of hydrogen-bond acceptors (Lipinski definition) is 2. The fraction of sp³-hybridized carbons (Fsp3) is 1.00. The summed E-state index contributed by atoms with van der Waals surface area (Å²) in [5, 5.41) is 0. The molecule has 19 heavy (non-hydrogen) atoms. The van der Waals surface area contributed by atoms with E-state index in [0.717, 1.165) is 18.5 Å². The molecule has 3 atom stereocenters. The Morgan fingerprint density at radius 3 is 2.58 bits per heavy atom. The zero-order valence-corrected chi connectivity index (χ0v) is 13.2. The lowest BCUT2D eigenvalue weighted by atomic mass is 9.73. The van der Waals surface area contributed by atoms with Crippen LogP contribution in [0.2, 0.25) is 0 Å². The van der Waals surface area contributed by atoms with Crippen molar-refractivity contribution >= 4 is 0 Å². The van der Waals surface area contributed by atoms with E-state index in [1.54, 1.807) is 0 Å². The Morgan fingerprint density at radius 1 is 1.05 bits per heavy atom. The maximum Gasteiger partial charge on any atom is 0.0337 e. The first-order valence-electron chi connectivity index (χ1n) is 8.72. The molecule has 0 aromatic heterocycles. The van der Waals surface area contributed by atoms with Crippen molar-refractivity contribution in [2.24, 2.45) is 11.7 Å². The van der Waals surface area contributed by atoms with E-state index >= 15 is 0 Å². The molecular formula is C17H34N2. The van der Waals surface area contributed by atoms with Crippen molar-refractivity contribution in [3.05, 3.63) is 0 Å². The molecule has 2 nitrogen and oxygen atoms in total. The van der Waals surface area contributed by atoms with Crippen molar-refractivity contribution in [2.45, 2.75) is 89.6 Å². The van der Waals surface area contributed by atoms with Gasteiger partial charge in [-0.3, -0.25) is 4.90 Å². The van der Waals surface area contributed by atoms with Crippen LogP contribution < -0.4 is 5.73 Å². The lowest BCUT2D eigenvalue weighted by molar-refractivity contribution is 0.00154. The SMILES string of the molecule is CCC1CCCC(CN)(N2CCCCCC2CC)C1. The summed E-state index contributed by atoms with van der Waals surface area (Å²) in [6.07, 6.45) is 13.8. The van der Waals surface area contributed by atoms with E-state index in [1.807, 2.05) is 0 Å². The molecule has 2 fully saturated rings. The van der Waals surface area contributed by atoms with Crippen molar-refractivity contribution in [2.75, 3.05) is 13.1 Å². The van der Waals surface area contributed by atoms with Crippen LogP contribution in [0, 0.1) is 5.92 Å². The van der Waals surface area contributed by atoms with E-state index in [-0.39, 0.29) is 0 Å². The predicted molar refractivity (Wildman–Crippen MR) is 83.3 cm³/mol. The van der Waals surface area contributed by atoms with E-state index in [4.69, 9.17) is 5.73 Å². The minimum Gasteiger partial charge on any atom is -0.329 e. The van der Waals surface area contributed by atoms with Gasteiger partial charge in [0.15, 0.2) is 0 Å². The van der Waals surface area contributed by atoms with Crippen LogP contribution in [0.4, 0.5) is 0 Å². The van der Waals surface area contributed by atoms with E-state index in [0.29, 0.717) is 5.54 Å². The summed E-state index contributed by atoms with van der Waals surface area (Å²) in [5.41, 5.74) is 6.65. The number of rotatable bonds is 4. The molecular weight excluding hydrogens is 232 g/mol. The minimum absolute atomic E-state index is 0.337. The summed E-state index contributed by atoms with van der Waals surface area (Å²) in [5.74, 6) is 0.915. The fourth-order valence-corrected chi connectivity index (χ4v) is 4.60. The van der Waals surface area contributed by atoms with Gasteiger partial charge in [0.05, 0.1) is 0 Å². The van der Waals surface area contributed by atoms with Gasteiger partial charge in [-0.25, -0.2) is 0 Å². The first-order chi connectivity index (χ1) is 9.25. The molecule has 0 radical (unpaired) electrons. The molecule has 2 aliphatic rings. The Balaban J connectivity index is 2.16. The van der Waals surface area contributed by atoms with Crippen LogP contribution in [-0.2, 0) is 0 Å². The molecule has 2 rings (SSSR count). The average Bonchev–Trinajstić information content (AvgIpc) is 2.72. The first-order valence-corrected chi connectivity index (χ1v) is 8.72. The Morgan fingerprint density at radius 2 is 1.89 bits per heavy atom. The maximum atomic E-state index is 6.31. The van der Waals surface area contributed by atoms with Gasteiger partial charge in [0.25, 0.3) is 0 Å². The number of likely N-dealkylation sites (tertiary alicyclic amines) is 1. The van der Waals surface area contributed by atoms with Crippen molar-refractivity contribution in [3.63, 3.8) is 0 Å². The molecule has 1 saturated carbocycles. The Kier molecular flexibility index (Phi) is 5.70. The van der Waals surface area contributed by atoms with Gasteiger partial charge >= 0.3 is 0 Å². The van der Waals surface area contributed by atoms with E-state index in [9.17, 15) is 0 Å². The molecule has 0 spiro atoms. The Hall–Kier alpha value is -0.0800. The monoisotopic (exact) mass is 266 g/mol. The molecule has 0 aromatic rings. The third-order valence-corrected chi connectivity index (χ3v) is 5.84. The predicted octanol–water partition coefficient (Wildman–Crippen LogP) is 3.94. The van der Waals surface area contributed by atoms with Crippen molar-refractivity contribution < 1.29 is 0 Å². The van der Waals surface area contributed by atoms with Gasteiger partial charge in [-0.2, -0.15) is 0 Å². The summed E-state index contributed by atoms with van der Waals surface area (Å²) < 4.78 is 0. The molecule has 0 amide bonds. The molecule has 1 aliphatic heterocycles. The third kappa shape index (κ3) is 3.33. The highest BCUT2D eigenvalue weighted by Crippen LogP contribution is 2.40. The van der Waals surface area contributed by atoms with Crippen LogP contribution in [0.3, 0.4) is 0 Å². The highest BCUT2D eigenvalue weighted by Gasteiger charge is 2.42. The summed E-state index contributed by atoms with van der Waals surface area (Å²) >= 11 is 0. The number of nitrogens with two attached hydrogens (primary N) is 1. The van der Waals surface area contributed by atoms with Crippen molar-refractivity contribution in [1.29, 1.82) is 0 Å². The normalized spacial score (nSPS) is 38.1. The maximum absolute atomic E-state index is 6.31. The fourth-order valence-electron chi connectivity index (χ4n) is 4.60. The Bertz CT molecular complexity index is 266.